The molecule has 0 fully saturated rings. The van der Waals surface area contributed by atoms with E-state index in [2.05, 4.69) is 18.2 Å². The first kappa shape index (κ1) is 12.4. The minimum Gasteiger partial charge on any atom is -0.207 e. The largest absolute Gasteiger partial charge is 0.207 e. The zero-order valence-corrected chi connectivity index (χ0v) is 10.8. The minimum atomic E-state index is -0.272. The van der Waals surface area contributed by atoms with Crippen molar-refractivity contribution in [1.82, 2.24) is 0 Å². The number of hydrogen-bond acceptors (Lipinski definition) is 1. The van der Waals surface area contributed by atoms with Crippen LogP contribution >= 0.6 is 0 Å². The number of hydrogen-bond donors (Lipinski definition) is 0. The quantitative estimate of drug-likeness (QED) is 0.736. The molecule has 2 aromatic carbocycles. The van der Waals surface area contributed by atoms with Crippen LogP contribution in [0.25, 0.3) is 11.6 Å². The summed E-state index contributed by atoms with van der Waals surface area (Å²) >= 11 is 0. The van der Waals surface area contributed by atoms with E-state index in [0.717, 1.165) is 23.1 Å². The van der Waals surface area contributed by atoms with E-state index >= 15 is 0 Å². The van der Waals surface area contributed by atoms with Gasteiger partial charge in [0.1, 0.15) is 5.82 Å². The Morgan fingerprint density at radius 2 is 1.85 bits per heavy atom. The van der Waals surface area contributed by atoms with Gasteiger partial charge in [0.15, 0.2) is 0 Å². The molecule has 0 unspecified atom stereocenters. The van der Waals surface area contributed by atoms with Gasteiger partial charge in [-0.3, -0.25) is 0 Å². The van der Waals surface area contributed by atoms with E-state index in [1.807, 2.05) is 18.2 Å². The third-order valence-electron chi connectivity index (χ3n) is 3.43. The maximum absolute atomic E-state index is 12.9. The predicted octanol–water partition coefficient (Wildman–Crippen LogP) is 4.37. The van der Waals surface area contributed by atoms with E-state index in [1.165, 1.54) is 17.7 Å². The highest BCUT2D eigenvalue weighted by Gasteiger charge is 2.16. The second kappa shape index (κ2) is 5.14. The Morgan fingerprint density at radius 3 is 2.60 bits per heavy atom. The molecule has 0 radical (unpaired) electrons. The van der Waals surface area contributed by atoms with Crippen LogP contribution in [0.15, 0.2) is 60.2 Å². The molecule has 0 aromatic heterocycles. The molecule has 1 nitrogen and oxygen atoms in total. The Morgan fingerprint density at radius 1 is 1.10 bits per heavy atom. The standard InChI is InChI=1S/C18H12FN/c19-16-8-5-13(6-9-16)11-15(12-20)18-10-7-14-3-1-2-4-17(14)18/h1-6,8-11H,7H2/b15-11+. The monoisotopic (exact) mass is 261 g/mol. The van der Waals surface area contributed by atoms with Crippen molar-refractivity contribution in [2.45, 2.75) is 6.42 Å². The van der Waals surface area contributed by atoms with Gasteiger partial charge in [0, 0.05) is 0 Å². The summed E-state index contributed by atoms with van der Waals surface area (Å²) in [7, 11) is 0. The Kier molecular flexibility index (Phi) is 3.18. The minimum absolute atomic E-state index is 0.272. The van der Waals surface area contributed by atoms with Crippen LogP contribution in [0.2, 0.25) is 0 Å². The maximum Gasteiger partial charge on any atom is 0.123 e. The van der Waals surface area contributed by atoms with Crippen LogP contribution in [0.5, 0.6) is 0 Å². The second-order valence-corrected chi connectivity index (χ2v) is 4.70. The van der Waals surface area contributed by atoms with E-state index in [4.69, 9.17) is 0 Å². The SMILES string of the molecule is N#C/C(=C\c1ccc(F)cc1)C1=CCc2ccccc21. The van der Waals surface area contributed by atoms with Gasteiger partial charge in [-0.1, -0.05) is 42.5 Å². The summed E-state index contributed by atoms with van der Waals surface area (Å²) in [6.45, 7) is 0. The van der Waals surface area contributed by atoms with Crippen molar-refractivity contribution >= 4 is 11.6 Å². The van der Waals surface area contributed by atoms with Crippen LogP contribution in [0.4, 0.5) is 4.39 Å². The lowest BCUT2D eigenvalue weighted by molar-refractivity contribution is 0.628. The molecular weight excluding hydrogens is 249 g/mol. The highest BCUT2D eigenvalue weighted by molar-refractivity contribution is 5.91. The van der Waals surface area contributed by atoms with E-state index < -0.39 is 0 Å². The lowest BCUT2D eigenvalue weighted by Crippen LogP contribution is -1.87. The van der Waals surface area contributed by atoms with E-state index in [0.29, 0.717) is 5.57 Å². The summed E-state index contributed by atoms with van der Waals surface area (Å²) in [5.41, 5.74) is 4.76. The lowest BCUT2D eigenvalue weighted by atomic mass is 9.98. The van der Waals surface area contributed by atoms with Crippen LogP contribution in [-0.4, -0.2) is 0 Å². The lowest BCUT2D eigenvalue weighted by Gasteiger charge is -2.04. The summed E-state index contributed by atoms with van der Waals surface area (Å²) < 4.78 is 12.9. The van der Waals surface area contributed by atoms with Gasteiger partial charge in [-0.15, -0.1) is 0 Å². The first-order valence-corrected chi connectivity index (χ1v) is 6.44. The van der Waals surface area contributed by atoms with Gasteiger partial charge in [0.25, 0.3) is 0 Å². The first-order valence-electron chi connectivity index (χ1n) is 6.44. The van der Waals surface area contributed by atoms with Crippen LogP contribution in [0.3, 0.4) is 0 Å². The molecule has 96 valence electrons. The number of halogens is 1. The molecule has 2 aromatic rings. The average Bonchev–Trinajstić information content (AvgIpc) is 2.91. The molecule has 0 saturated heterocycles. The fourth-order valence-electron chi connectivity index (χ4n) is 2.43. The molecule has 0 spiro atoms. The molecule has 0 atom stereocenters. The van der Waals surface area contributed by atoms with Gasteiger partial charge in [-0.2, -0.15) is 5.26 Å². The average molecular weight is 261 g/mol. The summed E-state index contributed by atoms with van der Waals surface area (Å²) in [4.78, 5) is 0. The van der Waals surface area contributed by atoms with Gasteiger partial charge >= 0.3 is 0 Å². The Hall–Kier alpha value is -2.66. The smallest absolute Gasteiger partial charge is 0.123 e. The number of fused-ring (bicyclic) bond motifs is 1. The van der Waals surface area contributed by atoms with Crippen molar-refractivity contribution in [3.8, 4) is 6.07 Å². The molecule has 0 aliphatic heterocycles. The Labute approximate surface area is 117 Å². The molecule has 2 heteroatoms. The van der Waals surface area contributed by atoms with Crippen molar-refractivity contribution < 1.29 is 4.39 Å². The molecule has 20 heavy (non-hydrogen) atoms. The number of nitriles is 1. The molecule has 0 saturated carbocycles. The van der Waals surface area contributed by atoms with Crippen LogP contribution < -0.4 is 0 Å². The first-order chi connectivity index (χ1) is 9.78. The summed E-state index contributed by atoms with van der Waals surface area (Å²) in [6.07, 6.45) is 4.73. The van der Waals surface area contributed by atoms with Gasteiger partial charge in [0.05, 0.1) is 11.6 Å². The number of nitrogens with zero attached hydrogens (tertiary/aromatic N) is 1. The van der Waals surface area contributed by atoms with E-state index in [9.17, 15) is 9.65 Å². The molecule has 1 aliphatic rings. The Balaban J connectivity index is 2.00. The van der Waals surface area contributed by atoms with Gasteiger partial charge in [0.2, 0.25) is 0 Å². The molecule has 0 heterocycles. The van der Waals surface area contributed by atoms with Crippen molar-refractivity contribution in [3.63, 3.8) is 0 Å². The number of benzene rings is 2. The molecule has 1 aliphatic carbocycles. The van der Waals surface area contributed by atoms with Gasteiger partial charge in [-0.25, -0.2) is 4.39 Å². The summed E-state index contributed by atoms with van der Waals surface area (Å²) in [5.74, 6) is -0.272. The third kappa shape index (κ3) is 2.26. The summed E-state index contributed by atoms with van der Waals surface area (Å²) in [5, 5.41) is 9.39. The molecule has 0 amide bonds. The zero-order chi connectivity index (χ0) is 13.9. The number of allylic oxidation sites excluding steroid dienone is 3. The molecular formula is C18H12FN. The van der Waals surface area contributed by atoms with E-state index in [1.54, 1.807) is 18.2 Å². The van der Waals surface area contributed by atoms with Gasteiger partial charge < -0.3 is 0 Å². The highest BCUT2D eigenvalue weighted by atomic mass is 19.1. The van der Waals surface area contributed by atoms with Crippen molar-refractivity contribution in [3.05, 3.63) is 82.7 Å². The predicted molar refractivity (Wildman–Crippen MR) is 78.1 cm³/mol. The molecule has 3 rings (SSSR count). The summed E-state index contributed by atoms with van der Waals surface area (Å²) in [6, 6.07) is 16.5. The topological polar surface area (TPSA) is 23.8 Å². The fraction of sp³-hybridized carbons (Fsp3) is 0.0556. The van der Waals surface area contributed by atoms with Crippen LogP contribution in [0, 0.1) is 17.1 Å². The van der Waals surface area contributed by atoms with Crippen molar-refractivity contribution in [2.75, 3.05) is 0 Å². The fourth-order valence-corrected chi connectivity index (χ4v) is 2.43. The molecule has 0 N–H and O–H groups in total. The zero-order valence-electron chi connectivity index (χ0n) is 10.8. The van der Waals surface area contributed by atoms with Crippen molar-refractivity contribution in [1.29, 1.82) is 5.26 Å². The number of rotatable bonds is 2. The van der Waals surface area contributed by atoms with Crippen molar-refractivity contribution in [2.24, 2.45) is 0 Å². The van der Waals surface area contributed by atoms with Crippen LogP contribution in [0.1, 0.15) is 16.7 Å². The van der Waals surface area contributed by atoms with E-state index in [-0.39, 0.29) is 5.82 Å². The molecule has 0 bridgehead atoms. The maximum atomic E-state index is 12.9. The van der Waals surface area contributed by atoms with Crippen LogP contribution in [-0.2, 0) is 6.42 Å². The third-order valence-corrected chi connectivity index (χ3v) is 3.43. The second-order valence-electron chi connectivity index (χ2n) is 4.70. The highest BCUT2D eigenvalue weighted by Crippen LogP contribution is 2.33. The Bertz CT molecular complexity index is 746. The van der Waals surface area contributed by atoms with Gasteiger partial charge in [-0.05, 0) is 46.9 Å². The normalized spacial score (nSPS) is 13.6.